The molecule has 0 aliphatic heterocycles. The van der Waals surface area contributed by atoms with Gasteiger partial charge >= 0.3 is 0 Å². The lowest BCUT2D eigenvalue weighted by atomic mass is 10.0. The fourth-order valence-corrected chi connectivity index (χ4v) is 2.53. The van der Waals surface area contributed by atoms with Gasteiger partial charge in [-0.3, -0.25) is 0 Å². The van der Waals surface area contributed by atoms with Crippen LogP contribution < -0.4 is 4.74 Å². The highest BCUT2D eigenvalue weighted by Crippen LogP contribution is 2.20. The first-order chi connectivity index (χ1) is 11.2. The van der Waals surface area contributed by atoms with Gasteiger partial charge in [-0.15, -0.1) is 0 Å². The molecular weight excluding hydrogens is 282 g/mol. The van der Waals surface area contributed by atoms with Crippen LogP contribution in [0.3, 0.4) is 0 Å². The standard InChI is InChI=1S/C21H27NO/c1-4-22(5-2)15-16-23-21-13-11-20(12-14-21)18(3)17-19-9-7-6-8-10-19/h6-14,17H,4-5,15-16H2,1-3H3. The highest BCUT2D eigenvalue weighted by atomic mass is 16.5. The third-order valence-electron chi connectivity index (χ3n) is 4.06. The van der Waals surface area contributed by atoms with Crippen LogP contribution in [-0.4, -0.2) is 31.1 Å². The number of benzene rings is 2. The number of allylic oxidation sites excluding steroid dienone is 1. The van der Waals surface area contributed by atoms with Crippen molar-refractivity contribution in [2.45, 2.75) is 20.8 Å². The molecule has 2 heteroatoms. The van der Waals surface area contributed by atoms with Crippen LogP contribution in [0.25, 0.3) is 11.6 Å². The zero-order chi connectivity index (χ0) is 16.5. The molecule has 0 atom stereocenters. The Morgan fingerprint density at radius 1 is 0.957 bits per heavy atom. The largest absolute Gasteiger partial charge is 0.492 e. The van der Waals surface area contributed by atoms with Gasteiger partial charge in [-0.25, -0.2) is 0 Å². The number of ether oxygens (including phenoxy) is 1. The molecule has 0 fully saturated rings. The van der Waals surface area contributed by atoms with E-state index in [-0.39, 0.29) is 0 Å². The maximum absolute atomic E-state index is 5.83. The third-order valence-corrected chi connectivity index (χ3v) is 4.06. The van der Waals surface area contributed by atoms with Crippen LogP contribution in [0.1, 0.15) is 31.9 Å². The molecule has 0 aromatic heterocycles. The summed E-state index contributed by atoms with van der Waals surface area (Å²) in [7, 11) is 0. The van der Waals surface area contributed by atoms with Crippen LogP contribution in [0.2, 0.25) is 0 Å². The Morgan fingerprint density at radius 3 is 2.22 bits per heavy atom. The van der Waals surface area contributed by atoms with Crippen molar-refractivity contribution in [3.05, 3.63) is 65.7 Å². The summed E-state index contributed by atoms with van der Waals surface area (Å²) in [5, 5.41) is 0. The average Bonchev–Trinajstić information content (AvgIpc) is 2.60. The second kappa shape index (κ2) is 9.16. The van der Waals surface area contributed by atoms with Crippen molar-refractivity contribution < 1.29 is 4.74 Å². The molecule has 0 spiro atoms. The fourth-order valence-electron chi connectivity index (χ4n) is 2.53. The van der Waals surface area contributed by atoms with Gasteiger partial charge < -0.3 is 9.64 Å². The lowest BCUT2D eigenvalue weighted by molar-refractivity contribution is 0.223. The van der Waals surface area contributed by atoms with Gasteiger partial charge in [0.25, 0.3) is 0 Å². The normalized spacial score (nSPS) is 11.7. The molecule has 0 radical (unpaired) electrons. The lowest BCUT2D eigenvalue weighted by Gasteiger charge is -2.18. The van der Waals surface area contributed by atoms with Crippen molar-refractivity contribution in [2.24, 2.45) is 0 Å². The first-order valence-electron chi connectivity index (χ1n) is 8.42. The zero-order valence-electron chi connectivity index (χ0n) is 14.5. The third kappa shape index (κ3) is 5.57. The number of likely N-dealkylation sites (N-methyl/N-ethyl adjacent to an activating group) is 1. The Balaban J connectivity index is 1.93. The van der Waals surface area contributed by atoms with Gasteiger partial charge in [-0.2, -0.15) is 0 Å². The molecule has 0 bridgehead atoms. The van der Waals surface area contributed by atoms with Crippen molar-refractivity contribution in [1.82, 2.24) is 4.90 Å². The Labute approximate surface area is 140 Å². The van der Waals surface area contributed by atoms with Crippen LogP contribution >= 0.6 is 0 Å². The Bertz CT molecular complexity index is 597. The molecule has 0 amide bonds. The predicted octanol–water partition coefficient (Wildman–Crippen LogP) is 4.97. The van der Waals surface area contributed by atoms with E-state index in [0.717, 1.165) is 32.0 Å². The van der Waals surface area contributed by atoms with Crippen LogP contribution in [0.15, 0.2) is 54.6 Å². The van der Waals surface area contributed by atoms with E-state index in [1.165, 1.54) is 16.7 Å². The number of nitrogens with zero attached hydrogens (tertiary/aromatic N) is 1. The summed E-state index contributed by atoms with van der Waals surface area (Å²) >= 11 is 0. The molecule has 23 heavy (non-hydrogen) atoms. The highest BCUT2D eigenvalue weighted by Gasteiger charge is 2.01. The summed E-state index contributed by atoms with van der Waals surface area (Å²) in [6.07, 6.45) is 2.20. The first-order valence-corrected chi connectivity index (χ1v) is 8.42. The van der Waals surface area contributed by atoms with Crippen LogP contribution in [0.5, 0.6) is 5.75 Å². The highest BCUT2D eigenvalue weighted by molar-refractivity contribution is 5.80. The van der Waals surface area contributed by atoms with E-state index in [0.29, 0.717) is 0 Å². The van der Waals surface area contributed by atoms with Gasteiger partial charge in [0.1, 0.15) is 12.4 Å². The molecule has 0 saturated heterocycles. The average molecular weight is 309 g/mol. The summed E-state index contributed by atoms with van der Waals surface area (Å²) < 4.78 is 5.83. The maximum atomic E-state index is 5.83. The lowest BCUT2D eigenvalue weighted by Crippen LogP contribution is -2.27. The second-order valence-electron chi connectivity index (χ2n) is 5.64. The van der Waals surface area contributed by atoms with Crippen molar-refractivity contribution in [3.8, 4) is 5.75 Å². The topological polar surface area (TPSA) is 12.5 Å². The molecular formula is C21H27NO. The van der Waals surface area contributed by atoms with E-state index in [1.807, 2.05) is 6.07 Å². The van der Waals surface area contributed by atoms with E-state index >= 15 is 0 Å². The zero-order valence-corrected chi connectivity index (χ0v) is 14.5. The van der Waals surface area contributed by atoms with Gasteiger partial charge in [0.2, 0.25) is 0 Å². The van der Waals surface area contributed by atoms with Crippen molar-refractivity contribution in [3.63, 3.8) is 0 Å². The minimum Gasteiger partial charge on any atom is -0.492 e. The summed E-state index contributed by atoms with van der Waals surface area (Å²) in [5.74, 6) is 0.938. The minimum atomic E-state index is 0.736. The van der Waals surface area contributed by atoms with Crippen molar-refractivity contribution in [1.29, 1.82) is 0 Å². The molecule has 2 rings (SSSR count). The fraction of sp³-hybridized carbons (Fsp3) is 0.333. The van der Waals surface area contributed by atoms with Gasteiger partial charge in [-0.1, -0.05) is 62.4 Å². The number of hydrogen-bond donors (Lipinski definition) is 0. The Hall–Kier alpha value is -2.06. The number of hydrogen-bond acceptors (Lipinski definition) is 2. The molecule has 0 N–H and O–H groups in total. The van der Waals surface area contributed by atoms with E-state index in [1.54, 1.807) is 0 Å². The Kier molecular flexibility index (Phi) is 6.89. The van der Waals surface area contributed by atoms with Crippen molar-refractivity contribution >= 4 is 11.6 Å². The molecule has 0 aliphatic carbocycles. The predicted molar refractivity (Wildman–Crippen MR) is 99.7 cm³/mol. The Morgan fingerprint density at radius 2 is 1.61 bits per heavy atom. The molecule has 0 unspecified atom stereocenters. The summed E-state index contributed by atoms with van der Waals surface area (Å²) in [4.78, 5) is 2.36. The molecule has 0 aliphatic rings. The van der Waals surface area contributed by atoms with Crippen LogP contribution in [-0.2, 0) is 0 Å². The smallest absolute Gasteiger partial charge is 0.119 e. The van der Waals surface area contributed by atoms with Crippen molar-refractivity contribution in [2.75, 3.05) is 26.2 Å². The van der Waals surface area contributed by atoms with Gasteiger partial charge in [0.05, 0.1) is 0 Å². The van der Waals surface area contributed by atoms with E-state index in [4.69, 9.17) is 4.74 Å². The monoisotopic (exact) mass is 309 g/mol. The van der Waals surface area contributed by atoms with E-state index < -0.39 is 0 Å². The molecule has 0 saturated carbocycles. The summed E-state index contributed by atoms with van der Waals surface area (Å²) in [6, 6.07) is 18.8. The summed E-state index contributed by atoms with van der Waals surface area (Å²) in [5.41, 5.74) is 3.71. The first kappa shape index (κ1) is 17.3. The van der Waals surface area contributed by atoms with Crippen LogP contribution in [0.4, 0.5) is 0 Å². The molecule has 2 aromatic rings. The van der Waals surface area contributed by atoms with E-state index in [9.17, 15) is 0 Å². The minimum absolute atomic E-state index is 0.736. The summed E-state index contributed by atoms with van der Waals surface area (Å²) in [6.45, 7) is 10.4. The molecule has 0 heterocycles. The van der Waals surface area contributed by atoms with Gasteiger partial charge in [-0.05, 0) is 48.8 Å². The second-order valence-corrected chi connectivity index (χ2v) is 5.64. The molecule has 2 nitrogen and oxygen atoms in total. The molecule has 2 aromatic carbocycles. The van der Waals surface area contributed by atoms with E-state index in [2.05, 4.69) is 80.3 Å². The maximum Gasteiger partial charge on any atom is 0.119 e. The van der Waals surface area contributed by atoms with Gasteiger partial charge in [0.15, 0.2) is 0 Å². The quantitative estimate of drug-likeness (QED) is 0.638. The SMILES string of the molecule is CCN(CC)CCOc1ccc(C(C)=Cc2ccccc2)cc1. The molecule has 122 valence electrons. The number of rotatable bonds is 8. The van der Waals surface area contributed by atoms with Crippen LogP contribution in [0, 0.1) is 0 Å². The van der Waals surface area contributed by atoms with Gasteiger partial charge in [0, 0.05) is 6.54 Å².